The minimum atomic E-state index is -0.0655. The van der Waals surface area contributed by atoms with E-state index in [0.29, 0.717) is 28.6 Å². The highest BCUT2D eigenvalue weighted by Crippen LogP contribution is 2.29. The number of hydrogen-bond acceptors (Lipinski definition) is 5. The first-order valence-corrected chi connectivity index (χ1v) is 9.14. The summed E-state index contributed by atoms with van der Waals surface area (Å²) in [6.07, 6.45) is 3.56. The molecule has 0 bridgehead atoms. The number of halogens is 1. The van der Waals surface area contributed by atoms with Crippen molar-refractivity contribution in [3.8, 4) is 0 Å². The second kappa shape index (κ2) is 7.00. The fourth-order valence-electron chi connectivity index (χ4n) is 3.55. The minimum Gasteiger partial charge on any atom is -0.355 e. The van der Waals surface area contributed by atoms with Crippen LogP contribution in [0.15, 0.2) is 42.6 Å². The number of carbonyl (C=O) groups is 1. The highest BCUT2D eigenvalue weighted by molar-refractivity contribution is 6.31. The van der Waals surface area contributed by atoms with Crippen LogP contribution in [0.4, 0.5) is 5.82 Å². The molecule has 1 aliphatic rings. The van der Waals surface area contributed by atoms with Crippen LogP contribution in [0.2, 0.25) is 5.02 Å². The fourth-order valence-corrected chi connectivity index (χ4v) is 3.74. The third kappa shape index (κ3) is 3.27. The standard InChI is InChI=1S/C20H19ClN4O/c1-13-23-19-17(8-3-9-22-19)20(24-13)25-10-4-6-15(12-25)18(26)14-5-2-7-16(21)11-14/h2-3,5,7-9,11,15H,4,6,10,12H2,1H3/t15-/m0/s1. The summed E-state index contributed by atoms with van der Waals surface area (Å²) in [5, 5.41) is 1.51. The topological polar surface area (TPSA) is 59.0 Å². The molecule has 4 rings (SSSR count). The average Bonchev–Trinajstić information content (AvgIpc) is 2.67. The van der Waals surface area contributed by atoms with Gasteiger partial charge < -0.3 is 4.90 Å². The van der Waals surface area contributed by atoms with Crippen LogP contribution in [0.1, 0.15) is 29.0 Å². The van der Waals surface area contributed by atoms with E-state index >= 15 is 0 Å². The van der Waals surface area contributed by atoms with Crippen molar-refractivity contribution in [3.05, 3.63) is 59.0 Å². The second-order valence-corrected chi connectivity index (χ2v) is 7.07. The third-order valence-electron chi connectivity index (χ3n) is 4.76. The molecule has 6 heteroatoms. The molecule has 1 atom stereocenters. The molecule has 0 aliphatic carbocycles. The summed E-state index contributed by atoms with van der Waals surface area (Å²) in [5.74, 6) is 1.63. The first-order chi connectivity index (χ1) is 12.6. The van der Waals surface area contributed by atoms with E-state index in [1.165, 1.54) is 0 Å². The molecule has 0 radical (unpaired) electrons. The zero-order valence-corrected chi connectivity index (χ0v) is 15.3. The Morgan fingerprint density at radius 3 is 2.96 bits per heavy atom. The Balaban J connectivity index is 1.64. The molecule has 3 aromatic rings. The van der Waals surface area contributed by atoms with Crippen LogP contribution in [0.3, 0.4) is 0 Å². The minimum absolute atomic E-state index is 0.0655. The summed E-state index contributed by atoms with van der Waals surface area (Å²) < 4.78 is 0. The normalized spacial score (nSPS) is 17.5. The van der Waals surface area contributed by atoms with E-state index < -0.39 is 0 Å². The SMILES string of the molecule is Cc1nc(N2CCC[C@H](C(=O)c3cccc(Cl)c3)C2)c2cccnc2n1. The number of hydrogen-bond donors (Lipinski definition) is 0. The molecule has 26 heavy (non-hydrogen) atoms. The van der Waals surface area contributed by atoms with E-state index in [4.69, 9.17) is 11.6 Å². The zero-order chi connectivity index (χ0) is 18.1. The molecule has 1 fully saturated rings. The van der Waals surface area contributed by atoms with Crippen molar-refractivity contribution < 1.29 is 4.79 Å². The highest BCUT2D eigenvalue weighted by Gasteiger charge is 2.28. The van der Waals surface area contributed by atoms with Gasteiger partial charge in [0.25, 0.3) is 0 Å². The van der Waals surface area contributed by atoms with E-state index in [2.05, 4.69) is 19.9 Å². The summed E-state index contributed by atoms with van der Waals surface area (Å²) in [6, 6.07) is 11.1. The predicted molar refractivity (Wildman–Crippen MR) is 103 cm³/mol. The Morgan fingerprint density at radius 1 is 1.23 bits per heavy atom. The second-order valence-electron chi connectivity index (χ2n) is 6.63. The van der Waals surface area contributed by atoms with E-state index in [0.717, 1.165) is 30.6 Å². The first-order valence-electron chi connectivity index (χ1n) is 8.76. The molecule has 0 amide bonds. The molecule has 1 saturated heterocycles. The predicted octanol–water partition coefficient (Wildman–Crippen LogP) is 4.09. The molecular formula is C20H19ClN4O. The van der Waals surface area contributed by atoms with E-state index in [1.807, 2.05) is 31.2 Å². The number of ketones is 1. The zero-order valence-electron chi connectivity index (χ0n) is 14.5. The number of pyridine rings is 1. The van der Waals surface area contributed by atoms with Gasteiger partial charge in [0, 0.05) is 35.8 Å². The monoisotopic (exact) mass is 366 g/mol. The van der Waals surface area contributed by atoms with Gasteiger partial charge in [-0.3, -0.25) is 4.79 Å². The van der Waals surface area contributed by atoms with Crippen molar-refractivity contribution in [2.24, 2.45) is 5.92 Å². The lowest BCUT2D eigenvalue weighted by molar-refractivity contribution is 0.0907. The summed E-state index contributed by atoms with van der Waals surface area (Å²) >= 11 is 6.05. The number of Topliss-reactive ketones (excluding diaryl/α,β-unsaturated/α-hetero) is 1. The fraction of sp³-hybridized carbons (Fsp3) is 0.300. The van der Waals surface area contributed by atoms with E-state index in [1.54, 1.807) is 18.3 Å². The van der Waals surface area contributed by atoms with E-state index in [-0.39, 0.29) is 11.7 Å². The molecule has 0 spiro atoms. The van der Waals surface area contributed by atoms with Crippen LogP contribution in [0.25, 0.3) is 11.0 Å². The van der Waals surface area contributed by atoms with Crippen molar-refractivity contribution in [3.63, 3.8) is 0 Å². The van der Waals surface area contributed by atoms with Crippen molar-refractivity contribution in [1.29, 1.82) is 0 Å². The number of aromatic nitrogens is 3. The molecule has 0 saturated carbocycles. The van der Waals surface area contributed by atoms with E-state index in [9.17, 15) is 4.79 Å². The number of benzene rings is 1. The van der Waals surface area contributed by atoms with Crippen LogP contribution in [-0.2, 0) is 0 Å². The Morgan fingerprint density at radius 2 is 2.12 bits per heavy atom. The summed E-state index contributed by atoms with van der Waals surface area (Å²) in [6.45, 7) is 3.39. The maximum Gasteiger partial charge on any atom is 0.167 e. The van der Waals surface area contributed by atoms with Gasteiger partial charge in [-0.1, -0.05) is 23.7 Å². The number of fused-ring (bicyclic) bond motifs is 1. The average molecular weight is 367 g/mol. The quantitative estimate of drug-likeness (QED) is 0.653. The van der Waals surface area contributed by atoms with Crippen LogP contribution >= 0.6 is 11.6 Å². The molecule has 0 unspecified atom stereocenters. The number of aryl methyl sites for hydroxylation is 1. The van der Waals surface area contributed by atoms with Crippen molar-refractivity contribution >= 4 is 34.2 Å². The molecule has 5 nitrogen and oxygen atoms in total. The Bertz CT molecular complexity index is 975. The van der Waals surface area contributed by atoms with Crippen molar-refractivity contribution in [2.75, 3.05) is 18.0 Å². The van der Waals surface area contributed by atoms with Gasteiger partial charge in [0.1, 0.15) is 11.6 Å². The molecule has 0 N–H and O–H groups in total. The highest BCUT2D eigenvalue weighted by atomic mass is 35.5. The van der Waals surface area contributed by atoms with Gasteiger partial charge in [-0.15, -0.1) is 0 Å². The van der Waals surface area contributed by atoms with Gasteiger partial charge in [-0.25, -0.2) is 15.0 Å². The van der Waals surface area contributed by atoms with Crippen LogP contribution < -0.4 is 4.90 Å². The smallest absolute Gasteiger partial charge is 0.167 e. The summed E-state index contributed by atoms with van der Waals surface area (Å²) in [4.78, 5) is 28.5. The molecule has 2 aromatic heterocycles. The van der Waals surface area contributed by atoms with Gasteiger partial charge in [-0.2, -0.15) is 0 Å². The molecule has 1 aromatic carbocycles. The lowest BCUT2D eigenvalue weighted by atomic mass is 9.90. The van der Waals surface area contributed by atoms with Crippen LogP contribution in [0, 0.1) is 12.8 Å². The number of nitrogens with zero attached hydrogens (tertiary/aromatic N) is 4. The molecule has 3 heterocycles. The molecule has 132 valence electrons. The number of anilines is 1. The Labute approximate surface area is 157 Å². The number of carbonyl (C=O) groups excluding carboxylic acids is 1. The molecular weight excluding hydrogens is 348 g/mol. The van der Waals surface area contributed by atoms with Gasteiger partial charge in [0.15, 0.2) is 11.4 Å². The van der Waals surface area contributed by atoms with Crippen LogP contribution in [-0.4, -0.2) is 33.8 Å². The number of piperidine rings is 1. The Hall–Kier alpha value is -2.53. The van der Waals surface area contributed by atoms with Crippen molar-refractivity contribution in [2.45, 2.75) is 19.8 Å². The summed E-state index contributed by atoms with van der Waals surface area (Å²) in [5.41, 5.74) is 1.37. The Kier molecular flexibility index (Phi) is 4.55. The molecule has 1 aliphatic heterocycles. The largest absolute Gasteiger partial charge is 0.355 e. The van der Waals surface area contributed by atoms with Crippen LogP contribution in [0.5, 0.6) is 0 Å². The maximum absolute atomic E-state index is 12.9. The van der Waals surface area contributed by atoms with Gasteiger partial charge in [-0.05, 0) is 44.0 Å². The summed E-state index contributed by atoms with van der Waals surface area (Å²) in [7, 11) is 0. The number of rotatable bonds is 3. The van der Waals surface area contributed by atoms with Crippen molar-refractivity contribution in [1.82, 2.24) is 15.0 Å². The third-order valence-corrected chi connectivity index (χ3v) is 5.00. The lowest BCUT2D eigenvalue weighted by Gasteiger charge is -2.33. The maximum atomic E-state index is 12.9. The lowest BCUT2D eigenvalue weighted by Crippen LogP contribution is -2.39. The van der Waals surface area contributed by atoms with Gasteiger partial charge >= 0.3 is 0 Å². The van der Waals surface area contributed by atoms with Gasteiger partial charge in [0.2, 0.25) is 0 Å². The van der Waals surface area contributed by atoms with Gasteiger partial charge in [0.05, 0.1) is 5.39 Å². The first kappa shape index (κ1) is 16.9.